The molecule has 4 rings (SSSR count). The summed E-state index contributed by atoms with van der Waals surface area (Å²) in [5, 5.41) is 0. The van der Waals surface area contributed by atoms with Gasteiger partial charge in [0.25, 0.3) is 5.91 Å². The fourth-order valence-electron chi connectivity index (χ4n) is 3.93. The SMILES string of the molecule is C[C@@H]1CN(C(=O)c2ccco2)C[C@]12CCN(c1cccnc1)C2=O. The number of hydrogen-bond donors (Lipinski definition) is 0. The number of rotatable bonds is 2. The molecule has 2 fully saturated rings. The van der Waals surface area contributed by atoms with Crippen LogP contribution < -0.4 is 4.90 Å². The first-order valence-electron chi connectivity index (χ1n) is 8.16. The Balaban J connectivity index is 1.58. The van der Waals surface area contributed by atoms with E-state index in [2.05, 4.69) is 11.9 Å². The molecule has 124 valence electrons. The zero-order chi connectivity index (χ0) is 16.7. The van der Waals surface area contributed by atoms with Gasteiger partial charge in [0.05, 0.1) is 23.6 Å². The zero-order valence-corrected chi connectivity index (χ0v) is 13.5. The van der Waals surface area contributed by atoms with Crippen molar-refractivity contribution in [2.75, 3.05) is 24.5 Å². The van der Waals surface area contributed by atoms with E-state index in [4.69, 9.17) is 4.42 Å². The molecule has 4 heterocycles. The van der Waals surface area contributed by atoms with Crippen LogP contribution in [-0.4, -0.2) is 41.3 Å². The average molecular weight is 325 g/mol. The van der Waals surface area contributed by atoms with Gasteiger partial charge in [0.15, 0.2) is 5.76 Å². The number of likely N-dealkylation sites (tertiary alicyclic amines) is 1. The molecule has 24 heavy (non-hydrogen) atoms. The molecule has 6 nitrogen and oxygen atoms in total. The molecule has 0 aliphatic carbocycles. The first kappa shape index (κ1) is 14.9. The minimum Gasteiger partial charge on any atom is -0.459 e. The van der Waals surface area contributed by atoms with Gasteiger partial charge >= 0.3 is 0 Å². The molecule has 0 bridgehead atoms. The number of carbonyl (C=O) groups excluding carboxylic acids is 2. The molecule has 0 N–H and O–H groups in total. The van der Waals surface area contributed by atoms with Gasteiger partial charge in [-0.1, -0.05) is 6.92 Å². The van der Waals surface area contributed by atoms with Crippen molar-refractivity contribution in [3.63, 3.8) is 0 Å². The highest BCUT2D eigenvalue weighted by molar-refractivity contribution is 6.01. The third-order valence-corrected chi connectivity index (χ3v) is 5.34. The number of amides is 2. The molecule has 2 amide bonds. The molecule has 2 aromatic rings. The molecule has 6 heteroatoms. The van der Waals surface area contributed by atoms with E-state index in [1.165, 1.54) is 6.26 Å². The van der Waals surface area contributed by atoms with E-state index in [9.17, 15) is 9.59 Å². The van der Waals surface area contributed by atoms with Gasteiger partial charge in [0, 0.05) is 25.8 Å². The van der Waals surface area contributed by atoms with Gasteiger partial charge in [-0.2, -0.15) is 0 Å². The number of carbonyl (C=O) groups is 2. The van der Waals surface area contributed by atoms with Crippen LogP contribution in [0, 0.1) is 11.3 Å². The Bertz CT molecular complexity index is 759. The van der Waals surface area contributed by atoms with E-state index < -0.39 is 5.41 Å². The lowest BCUT2D eigenvalue weighted by atomic mass is 9.78. The molecule has 0 aromatic carbocycles. The predicted molar refractivity (Wildman–Crippen MR) is 87.4 cm³/mol. The molecule has 0 saturated carbocycles. The summed E-state index contributed by atoms with van der Waals surface area (Å²) in [6.07, 6.45) is 5.65. The van der Waals surface area contributed by atoms with Crippen molar-refractivity contribution >= 4 is 17.5 Å². The molecule has 0 radical (unpaired) electrons. The molecule has 2 atom stereocenters. The summed E-state index contributed by atoms with van der Waals surface area (Å²) in [5.74, 6) is 0.397. The standard InChI is InChI=1S/C18H19N3O3/c1-13-11-20(16(22)15-5-3-9-24-15)12-18(13)6-8-21(17(18)23)14-4-2-7-19-10-14/h2-5,7,9-10,13H,6,8,11-12H2,1H3/t13-,18-/m1/s1. The largest absolute Gasteiger partial charge is 0.459 e. The third-order valence-electron chi connectivity index (χ3n) is 5.34. The summed E-state index contributed by atoms with van der Waals surface area (Å²) in [7, 11) is 0. The van der Waals surface area contributed by atoms with Crippen molar-refractivity contribution in [3.05, 3.63) is 48.7 Å². The quantitative estimate of drug-likeness (QED) is 0.849. The van der Waals surface area contributed by atoms with Gasteiger partial charge in [-0.3, -0.25) is 14.6 Å². The minimum absolute atomic E-state index is 0.0951. The second-order valence-corrected chi connectivity index (χ2v) is 6.64. The molecule has 2 saturated heterocycles. The molecule has 2 aliphatic rings. The highest BCUT2D eigenvalue weighted by atomic mass is 16.3. The number of furan rings is 1. The predicted octanol–water partition coefficient (Wildman–Crippen LogP) is 2.19. The highest BCUT2D eigenvalue weighted by Gasteiger charge is 2.56. The van der Waals surface area contributed by atoms with Crippen LogP contribution in [0.4, 0.5) is 5.69 Å². The minimum atomic E-state index is -0.502. The summed E-state index contributed by atoms with van der Waals surface area (Å²) < 4.78 is 5.22. The van der Waals surface area contributed by atoms with Crippen molar-refractivity contribution < 1.29 is 14.0 Å². The van der Waals surface area contributed by atoms with Crippen molar-refractivity contribution in [1.29, 1.82) is 0 Å². The average Bonchev–Trinajstić information content (AvgIpc) is 3.31. The fourth-order valence-corrected chi connectivity index (χ4v) is 3.93. The Hall–Kier alpha value is -2.63. The van der Waals surface area contributed by atoms with Gasteiger partial charge in [0.2, 0.25) is 5.91 Å². The lowest BCUT2D eigenvalue weighted by Gasteiger charge is -2.26. The van der Waals surface area contributed by atoms with Crippen LogP contribution in [0.15, 0.2) is 47.3 Å². The smallest absolute Gasteiger partial charge is 0.289 e. The van der Waals surface area contributed by atoms with E-state index in [0.717, 1.165) is 12.1 Å². The van der Waals surface area contributed by atoms with Gasteiger partial charge < -0.3 is 14.2 Å². The summed E-state index contributed by atoms with van der Waals surface area (Å²) in [6.45, 7) is 3.74. The van der Waals surface area contributed by atoms with Crippen molar-refractivity contribution in [1.82, 2.24) is 9.88 Å². The van der Waals surface area contributed by atoms with Crippen LogP contribution >= 0.6 is 0 Å². The topological polar surface area (TPSA) is 66.7 Å². The number of hydrogen-bond acceptors (Lipinski definition) is 4. The Morgan fingerprint density at radius 3 is 2.96 bits per heavy atom. The first-order chi connectivity index (χ1) is 11.6. The molecule has 1 spiro atoms. The maximum absolute atomic E-state index is 13.1. The number of anilines is 1. The van der Waals surface area contributed by atoms with Crippen LogP contribution in [-0.2, 0) is 4.79 Å². The van der Waals surface area contributed by atoms with Crippen molar-refractivity contribution in [3.8, 4) is 0 Å². The number of nitrogens with zero attached hydrogens (tertiary/aromatic N) is 3. The van der Waals surface area contributed by atoms with E-state index in [0.29, 0.717) is 25.4 Å². The van der Waals surface area contributed by atoms with Gasteiger partial charge in [-0.25, -0.2) is 0 Å². The summed E-state index contributed by atoms with van der Waals surface area (Å²) in [4.78, 5) is 33.3. The zero-order valence-electron chi connectivity index (χ0n) is 13.5. The highest BCUT2D eigenvalue weighted by Crippen LogP contribution is 2.46. The normalized spacial score (nSPS) is 26.5. The van der Waals surface area contributed by atoms with Crippen LogP contribution in [0.25, 0.3) is 0 Å². The molecule has 0 unspecified atom stereocenters. The monoisotopic (exact) mass is 325 g/mol. The van der Waals surface area contributed by atoms with E-state index in [1.54, 1.807) is 34.3 Å². The molecule has 2 aliphatic heterocycles. The lowest BCUT2D eigenvalue weighted by Crippen LogP contribution is -2.40. The van der Waals surface area contributed by atoms with Crippen LogP contribution in [0.2, 0.25) is 0 Å². The summed E-state index contributed by atoms with van der Waals surface area (Å²) >= 11 is 0. The van der Waals surface area contributed by atoms with Gasteiger partial charge in [-0.15, -0.1) is 0 Å². The molecule has 2 aromatic heterocycles. The van der Waals surface area contributed by atoms with Gasteiger partial charge in [-0.05, 0) is 36.6 Å². The van der Waals surface area contributed by atoms with E-state index in [1.807, 2.05) is 12.1 Å². The van der Waals surface area contributed by atoms with E-state index in [-0.39, 0.29) is 17.7 Å². The Morgan fingerprint density at radius 1 is 1.38 bits per heavy atom. The number of pyridine rings is 1. The Morgan fingerprint density at radius 2 is 2.25 bits per heavy atom. The van der Waals surface area contributed by atoms with Crippen molar-refractivity contribution in [2.45, 2.75) is 13.3 Å². The fraction of sp³-hybridized carbons (Fsp3) is 0.389. The van der Waals surface area contributed by atoms with Crippen molar-refractivity contribution in [2.24, 2.45) is 11.3 Å². The number of aromatic nitrogens is 1. The first-order valence-corrected chi connectivity index (χ1v) is 8.16. The second kappa shape index (κ2) is 5.47. The third kappa shape index (κ3) is 2.13. The summed E-state index contributed by atoms with van der Waals surface area (Å²) in [5.41, 5.74) is 0.320. The lowest BCUT2D eigenvalue weighted by molar-refractivity contribution is -0.126. The maximum Gasteiger partial charge on any atom is 0.289 e. The van der Waals surface area contributed by atoms with Crippen LogP contribution in [0.1, 0.15) is 23.9 Å². The second-order valence-electron chi connectivity index (χ2n) is 6.64. The van der Waals surface area contributed by atoms with Crippen LogP contribution in [0.3, 0.4) is 0 Å². The molecular weight excluding hydrogens is 306 g/mol. The maximum atomic E-state index is 13.1. The van der Waals surface area contributed by atoms with Crippen LogP contribution in [0.5, 0.6) is 0 Å². The molecular formula is C18H19N3O3. The van der Waals surface area contributed by atoms with Gasteiger partial charge in [0.1, 0.15) is 0 Å². The van der Waals surface area contributed by atoms with E-state index >= 15 is 0 Å². The Kier molecular flexibility index (Phi) is 3.40. The summed E-state index contributed by atoms with van der Waals surface area (Å²) in [6, 6.07) is 7.09. The Labute approximate surface area is 140 Å².